The predicted octanol–water partition coefficient (Wildman–Crippen LogP) is -0.237. The molecular formula is C9H8BNO4S. The van der Waals surface area contributed by atoms with Gasteiger partial charge in [0.05, 0.1) is 22.9 Å². The van der Waals surface area contributed by atoms with Crippen molar-refractivity contribution in [3.05, 3.63) is 23.2 Å². The number of pyridine rings is 1. The third kappa shape index (κ3) is 1.69. The lowest BCUT2D eigenvalue weighted by Crippen LogP contribution is -2.30. The van der Waals surface area contributed by atoms with Gasteiger partial charge in [-0.05, 0) is 6.07 Å². The highest BCUT2D eigenvalue weighted by Gasteiger charge is 2.20. The zero-order chi connectivity index (χ0) is 11.7. The minimum Gasteiger partial charge on any atom is -0.465 e. The first kappa shape index (κ1) is 11.1. The van der Waals surface area contributed by atoms with Gasteiger partial charge in [0.2, 0.25) is 0 Å². The molecule has 5 nitrogen and oxygen atoms in total. The van der Waals surface area contributed by atoms with Gasteiger partial charge in [0.15, 0.2) is 0 Å². The molecule has 2 N–H and O–H groups in total. The van der Waals surface area contributed by atoms with E-state index in [9.17, 15) is 4.79 Å². The van der Waals surface area contributed by atoms with E-state index >= 15 is 0 Å². The first-order valence-electron chi connectivity index (χ1n) is 4.45. The smallest absolute Gasteiger partial charge is 0.465 e. The van der Waals surface area contributed by atoms with Gasteiger partial charge in [-0.15, -0.1) is 11.3 Å². The van der Waals surface area contributed by atoms with Crippen LogP contribution in [0.25, 0.3) is 10.2 Å². The van der Waals surface area contributed by atoms with Crippen molar-refractivity contribution < 1.29 is 19.6 Å². The van der Waals surface area contributed by atoms with Gasteiger partial charge in [-0.25, -0.2) is 4.79 Å². The van der Waals surface area contributed by atoms with Crippen molar-refractivity contribution in [2.24, 2.45) is 0 Å². The number of methoxy groups -OCH3 is 1. The highest BCUT2D eigenvalue weighted by Crippen LogP contribution is 2.23. The number of rotatable bonds is 2. The Morgan fingerprint density at radius 2 is 2.31 bits per heavy atom. The first-order chi connectivity index (χ1) is 7.65. The summed E-state index contributed by atoms with van der Waals surface area (Å²) in [5.74, 6) is -0.483. The van der Waals surface area contributed by atoms with Gasteiger partial charge in [0.1, 0.15) is 0 Å². The van der Waals surface area contributed by atoms with E-state index in [1.165, 1.54) is 30.7 Å². The molecule has 0 aromatic carbocycles. The molecule has 2 aromatic rings. The Morgan fingerprint density at radius 1 is 1.56 bits per heavy atom. The minimum atomic E-state index is -1.57. The molecule has 82 valence electrons. The number of ether oxygens (including phenoxy) is 1. The second-order valence-electron chi connectivity index (χ2n) is 3.09. The van der Waals surface area contributed by atoms with E-state index in [1.54, 1.807) is 5.38 Å². The molecule has 0 aliphatic heterocycles. The summed E-state index contributed by atoms with van der Waals surface area (Å²) in [5, 5.41) is 19.9. The summed E-state index contributed by atoms with van der Waals surface area (Å²) in [4.78, 5) is 15.4. The molecule has 16 heavy (non-hydrogen) atoms. The largest absolute Gasteiger partial charge is 0.490 e. The molecule has 0 saturated heterocycles. The van der Waals surface area contributed by atoms with Gasteiger partial charge in [-0.2, -0.15) is 0 Å². The molecule has 7 heteroatoms. The molecule has 0 radical (unpaired) electrons. The van der Waals surface area contributed by atoms with Crippen LogP contribution < -0.4 is 5.46 Å². The molecule has 0 amide bonds. The summed E-state index contributed by atoms with van der Waals surface area (Å²) in [7, 11) is -0.286. The van der Waals surface area contributed by atoms with Crippen molar-refractivity contribution in [1.82, 2.24) is 4.98 Å². The van der Waals surface area contributed by atoms with Crippen LogP contribution >= 0.6 is 11.3 Å². The second kappa shape index (κ2) is 4.21. The second-order valence-corrected chi connectivity index (χ2v) is 3.97. The Labute approximate surface area is 95.5 Å². The Bertz CT molecular complexity index is 539. The van der Waals surface area contributed by atoms with Crippen molar-refractivity contribution in [3.63, 3.8) is 0 Å². The summed E-state index contributed by atoms with van der Waals surface area (Å²) in [6, 6.07) is 1.50. The number of esters is 1. The van der Waals surface area contributed by atoms with Crippen LogP contribution in [0.2, 0.25) is 0 Å². The zero-order valence-electron chi connectivity index (χ0n) is 8.38. The van der Waals surface area contributed by atoms with E-state index in [0.717, 1.165) is 0 Å². The molecule has 0 unspecified atom stereocenters. The number of nitrogens with zero attached hydrogens (tertiary/aromatic N) is 1. The van der Waals surface area contributed by atoms with Gasteiger partial charge in [0, 0.05) is 17.0 Å². The Hall–Kier alpha value is -1.44. The molecule has 0 bridgehead atoms. The summed E-state index contributed by atoms with van der Waals surface area (Å²) in [6.45, 7) is 0. The summed E-state index contributed by atoms with van der Waals surface area (Å²) in [5.41, 5.74) is 1.11. The molecule has 2 heterocycles. The van der Waals surface area contributed by atoms with Crippen molar-refractivity contribution in [2.45, 2.75) is 0 Å². The van der Waals surface area contributed by atoms with Gasteiger partial charge in [-0.1, -0.05) is 0 Å². The number of hydrogen-bond acceptors (Lipinski definition) is 6. The first-order valence-corrected chi connectivity index (χ1v) is 5.33. The van der Waals surface area contributed by atoms with Crippen LogP contribution in [-0.2, 0) is 4.74 Å². The lowest BCUT2D eigenvalue weighted by atomic mass is 9.80. The number of carbonyl (C=O) groups excluding carboxylic acids is 1. The quantitative estimate of drug-likeness (QED) is 0.556. The zero-order valence-corrected chi connectivity index (χ0v) is 9.19. The van der Waals surface area contributed by atoms with Crippen LogP contribution in [0, 0.1) is 0 Å². The maximum absolute atomic E-state index is 11.4. The molecule has 0 spiro atoms. The summed E-state index contributed by atoms with van der Waals surface area (Å²) >= 11 is 1.23. The monoisotopic (exact) mass is 237 g/mol. The predicted molar refractivity (Wildman–Crippen MR) is 60.8 cm³/mol. The van der Waals surface area contributed by atoms with E-state index in [4.69, 9.17) is 10.0 Å². The van der Waals surface area contributed by atoms with E-state index in [0.29, 0.717) is 21.2 Å². The summed E-state index contributed by atoms with van der Waals surface area (Å²) < 4.78 is 5.19. The van der Waals surface area contributed by atoms with Gasteiger partial charge in [0.25, 0.3) is 0 Å². The maximum atomic E-state index is 11.4. The molecule has 0 aliphatic rings. The maximum Gasteiger partial charge on any atom is 0.490 e. The van der Waals surface area contributed by atoms with Crippen molar-refractivity contribution in [3.8, 4) is 0 Å². The van der Waals surface area contributed by atoms with Crippen molar-refractivity contribution >= 4 is 40.1 Å². The molecular weight excluding hydrogens is 229 g/mol. The highest BCUT2D eigenvalue weighted by atomic mass is 32.1. The van der Waals surface area contributed by atoms with E-state index in [1.807, 2.05) is 0 Å². The minimum absolute atomic E-state index is 0.338. The molecule has 0 atom stereocenters. The SMILES string of the molecule is COC(=O)c1csc2c(B(O)O)ccnc12. The van der Waals surface area contributed by atoms with Crippen molar-refractivity contribution in [2.75, 3.05) is 7.11 Å². The third-order valence-corrected chi connectivity index (χ3v) is 3.19. The average molecular weight is 237 g/mol. The highest BCUT2D eigenvalue weighted by molar-refractivity contribution is 7.19. The number of hydrogen-bond donors (Lipinski definition) is 2. The van der Waals surface area contributed by atoms with Gasteiger partial charge in [-0.3, -0.25) is 4.98 Å². The fourth-order valence-electron chi connectivity index (χ4n) is 1.41. The van der Waals surface area contributed by atoms with Crippen LogP contribution in [0.5, 0.6) is 0 Å². The number of carbonyl (C=O) groups is 1. The lowest BCUT2D eigenvalue weighted by Gasteiger charge is -2.00. The topological polar surface area (TPSA) is 79.7 Å². The average Bonchev–Trinajstić information content (AvgIpc) is 2.71. The molecule has 0 saturated carbocycles. The fourth-order valence-corrected chi connectivity index (χ4v) is 2.44. The lowest BCUT2D eigenvalue weighted by molar-refractivity contribution is 0.0603. The fraction of sp³-hybridized carbons (Fsp3) is 0.111. The van der Waals surface area contributed by atoms with Crippen LogP contribution in [0.15, 0.2) is 17.6 Å². The Balaban J connectivity index is 2.66. The van der Waals surface area contributed by atoms with Gasteiger partial charge < -0.3 is 14.8 Å². The van der Waals surface area contributed by atoms with E-state index < -0.39 is 13.1 Å². The van der Waals surface area contributed by atoms with Crippen LogP contribution in [0.4, 0.5) is 0 Å². The molecule has 2 aromatic heterocycles. The number of fused-ring (bicyclic) bond motifs is 1. The molecule has 0 aliphatic carbocycles. The van der Waals surface area contributed by atoms with Crippen LogP contribution in [-0.4, -0.2) is 35.2 Å². The normalized spacial score (nSPS) is 10.4. The van der Waals surface area contributed by atoms with E-state index in [2.05, 4.69) is 9.72 Å². The third-order valence-electron chi connectivity index (χ3n) is 2.17. The molecule has 2 rings (SSSR count). The van der Waals surface area contributed by atoms with Crippen molar-refractivity contribution in [1.29, 1.82) is 0 Å². The van der Waals surface area contributed by atoms with Crippen LogP contribution in [0.3, 0.4) is 0 Å². The number of thiophene rings is 1. The number of aromatic nitrogens is 1. The standard InChI is InChI=1S/C9H8BNO4S/c1-15-9(12)5-4-16-8-6(10(13)14)2-3-11-7(5)8/h2-4,13-14H,1H3. The Morgan fingerprint density at radius 3 is 2.94 bits per heavy atom. The molecule has 0 fully saturated rings. The van der Waals surface area contributed by atoms with Gasteiger partial charge >= 0.3 is 13.1 Å². The summed E-state index contributed by atoms with van der Waals surface area (Å²) in [6.07, 6.45) is 1.43. The van der Waals surface area contributed by atoms with Crippen LogP contribution in [0.1, 0.15) is 10.4 Å². The Kier molecular flexibility index (Phi) is 2.91. The van der Waals surface area contributed by atoms with E-state index in [-0.39, 0.29) is 0 Å².